The van der Waals surface area contributed by atoms with Gasteiger partial charge in [-0.25, -0.2) is 0 Å². The number of H-pyrrole nitrogens is 1. The number of aromatic nitrogens is 1. The van der Waals surface area contributed by atoms with E-state index in [-0.39, 0.29) is 0 Å². The van der Waals surface area contributed by atoms with Gasteiger partial charge in [0, 0.05) is 17.1 Å². The average molecular weight is 155 g/mol. The minimum absolute atomic E-state index is 0.348. The van der Waals surface area contributed by atoms with Crippen LogP contribution in [-0.4, -0.2) is 4.98 Å². The van der Waals surface area contributed by atoms with Crippen molar-refractivity contribution in [3.63, 3.8) is 0 Å². The molecule has 1 aromatic rings. The van der Waals surface area contributed by atoms with Crippen molar-refractivity contribution in [3.05, 3.63) is 23.5 Å². The molecular weight excluding hydrogens is 142 g/mol. The Bertz CT molecular complexity index is 203. The Morgan fingerprint density at radius 2 is 2.40 bits per heavy atom. The zero-order chi connectivity index (χ0) is 7.56. The van der Waals surface area contributed by atoms with Gasteiger partial charge in [-0.15, -0.1) is 0 Å². The molecule has 0 saturated heterocycles. The first-order chi connectivity index (χ1) is 4.75. The number of nitrogens with one attached hydrogen (secondary N) is 1. The lowest BCUT2D eigenvalue weighted by Crippen LogP contribution is -1.88. The van der Waals surface area contributed by atoms with Crippen molar-refractivity contribution < 1.29 is 0 Å². The molecule has 1 aromatic heterocycles. The number of hydrogen-bond acceptors (Lipinski definition) is 1. The van der Waals surface area contributed by atoms with Gasteiger partial charge in [0.25, 0.3) is 0 Å². The van der Waals surface area contributed by atoms with Crippen LogP contribution in [0.1, 0.15) is 30.4 Å². The van der Waals surface area contributed by atoms with Gasteiger partial charge in [-0.1, -0.05) is 6.92 Å². The smallest absolute Gasteiger partial charge is 0.0256 e. The summed E-state index contributed by atoms with van der Waals surface area (Å²) in [4.78, 5) is 3.19. The molecule has 1 nitrogen and oxygen atoms in total. The number of hydrogen-bond donors (Lipinski definition) is 2. The van der Waals surface area contributed by atoms with Gasteiger partial charge in [-0.05, 0) is 25.0 Å². The van der Waals surface area contributed by atoms with Crippen molar-refractivity contribution in [1.29, 1.82) is 0 Å². The molecule has 0 amide bonds. The zero-order valence-corrected chi connectivity index (χ0v) is 7.28. The van der Waals surface area contributed by atoms with E-state index in [1.165, 1.54) is 11.3 Å². The average Bonchev–Trinajstić information content (AvgIpc) is 2.33. The molecule has 1 unspecified atom stereocenters. The molecule has 0 aliphatic carbocycles. The first-order valence-electron chi connectivity index (χ1n) is 3.60. The van der Waals surface area contributed by atoms with Crippen molar-refractivity contribution in [2.45, 2.75) is 25.5 Å². The van der Waals surface area contributed by atoms with Crippen LogP contribution in [0.3, 0.4) is 0 Å². The van der Waals surface area contributed by atoms with Crippen LogP contribution >= 0.6 is 12.6 Å². The summed E-state index contributed by atoms with van der Waals surface area (Å²) in [6.45, 7) is 4.23. The Labute approximate surface area is 67.3 Å². The van der Waals surface area contributed by atoms with Gasteiger partial charge in [0.1, 0.15) is 0 Å². The monoisotopic (exact) mass is 155 g/mol. The molecule has 0 bridgehead atoms. The molecule has 1 rings (SSSR count). The summed E-state index contributed by atoms with van der Waals surface area (Å²) < 4.78 is 0. The molecule has 0 aromatic carbocycles. The summed E-state index contributed by atoms with van der Waals surface area (Å²) >= 11 is 4.36. The molecule has 1 atom stereocenters. The Morgan fingerprint density at radius 1 is 1.70 bits per heavy atom. The van der Waals surface area contributed by atoms with Gasteiger partial charge in [-0.2, -0.15) is 12.6 Å². The summed E-state index contributed by atoms with van der Waals surface area (Å²) in [5, 5.41) is 0.348. The van der Waals surface area contributed by atoms with E-state index in [2.05, 4.69) is 37.5 Å². The van der Waals surface area contributed by atoms with Crippen LogP contribution in [0, 0.1) is 0 Å². The molecule has 0 radical (unpaired) electrons. The maximum atomic E-state index is 4.36. The molecule has 10 heavy (non-hydrogen) atoms. The summed E-state index contributed by atoms with van der Waals surface area (Å²) in [5.41, 5.74) is 2.63. The first-order valence-corrected chi connectivity index (χ1v) is 4.11. The first kappa shape index (κ1) is 7.73. The minimum atomic E-state index is 0.348. The third-order valence-electron chi connectivity index (χ3n) is 1.67. The minimum Gasteiger partial charge on any atom is -0.365 e. The van der Waals surface area contributed by atoms with E-state index in [0.717, 1.165) is 6.42 Å². The largest absolute Gasteiger partial charge is 0.365 e. The van der Waals surface area contributed by atoms with E-state index >= 15 is 0 Å². The van der Waals surface area contributed by atoms with Crippen molar-refractivity contribution in [2.24, 2.45) is 0 Å². The zero-order valence-electron chi connectivity index (χ0n) is 6.39. The second kappa shape index (κ2) is 3.15. The van der Waals surface area contributed by atoms with E-state index in [4.69, 9.17) is 0 Å². The molecule has 0 aliphatic rings. The third kappa shape index (κ3) is 1.37. The fourth-order valence-electron chi connectivity index (χ4n) is 1.11. The van der Waals surface area contributed by atoms with Crippen molar-refractivity contribution in [3.8, 4) is 0 Å². The lowest BCUT2D eigenvalue weighted by molar-refractivity contribution is 0.993. The second-order valence-corrected chi connectivity index (χ2v) is 3.22. The SMILES string of the molecule is CCc1[nH]ccc1C(C)S. The maximum Gasteiger partial charge on any atom is 0.0256 e. The Balaban J connectivity index is 2.90. The van der Waals surface area contributed by atoms with Gasteiger partial charge >= 0.3 is 0 Å². The molecule has 0 saturated carbocycles. The van der Waals surface area contributed by atoms with Gasteiger partial charge < -0.3 is 4.98 Å². The predicted octanol–water partition coefficient (Wildman–Crippen LogP) is 2.57. The number of aryl methyl sites for hydroxylation is 1. The van der Waals surface area contributed by atoms with Crippen molar-refractivity contribution >= 4 is 12.6 Å². The molecule has 1 N–H and O–H groups in total. The molecular formula is C8H13NS. The van der Waals surface area contributed by atoms with Crippen LogP contribution in [0.4, 0.5) is 0 Å². The molecule has 1 heterocycles. The van der Waals surface area contributed by atoms with Gasteiger partial charge in [0.2, 0.25) is 0 Å². The summed E-state index contributed by atoms with van der Waals surface area (Å²) in [6, 6.07) is 2.09. The van der Waals surface area contributed by atoms with Gasteiger partial charge in [0.15, 0.2) is 0 Å². The van der Waals surface area contributed by atoms with E-state index in [1.54, 1.807) is 0 Å². The third-order valence-corrected chi connectivity index (χ3v) is 1.95. The normalized spacial score (nSPS) is 13.5. The Hall–Kier alpha value is -0.370. The number of thiol groups is 1. The predicted molar refractivity (Wildman–Crippen MR) is 47.6 cm³/mol. The molecule has 0 spiro atoms. The van der Waals surface area contributed by atoms with Crippen LogP contribution in [0.15, 0.2) is 12.3 Å². The summed E-state index contributed by atoms with van der Waals surface area (Å²) in [5.74, 6) is 0. The van der Waals surface area contributed by atoms with Gasteiger partial charge in [0.05, 0.1) is 0 Å². The lowest BCUT2D eigenvalue weighted by Gasteiger charge is -2.02. The van der Waals surface area contributed by atoms with Crippen LogP contribution in [0.25, 0.3) is 0 Å². The highest BCUT2D eigenvalue weighted by atomic mass is 32.1. The fraction of sp³-hybridized carbons (Fsp3) is 0.500. The van der Waals surface area contributed by atoms with E-state index in [0.29, 0.717) is 5.25 Å². The van der Waals surface area contributed by atoms with Crippen molar-refractivity contribution in [2.75, 3.05) is 0 Å². The Morgan fingerprint density at radius 3 is 2.80 bits per heavy atom. The lowest BCUT2D eigenvalue weighted by atomic mass is 10.1. The van der Waals surface area contributed by atoms with E-state index in [9.17, 15) is 0 Å². The van der Waals surface area contributed by atoms with E-state index in [1.807, 2.05) is 6.20 Å². The molecule has 56 valence electrons. The number of aromatic amines is 1. The number of rotatable bonds is 2. The molecule has 0 aliphatic heterocycles. The fourth-order valence-corrected chi connectivity index (χ4v) is 1.36. The van der Waals surface area contributed by atoms with Gasteiger partial charge in [-0.3, -0.25) is 0 Å². The molecule has 2 heteroatoms. The second-order valence-electron chi connectivity index (χ2n) is 2.44. The highest BCUT2D eigenvalue weighted by Gasteiger charge is 2.04. The van der Waals surface area contributed by atoms with Crippen LogP contribution in [0.2, 0.25) is 0 Å². The maximum absolute atomic E-state index is 4.36. The molecule has 0 fully saturated rings. The van der Waals surface area contributed by atoms with Crippen molar-refractivity contribution in [1.82, 2.24) is 4.98 Å². The van der Waals surface area contributed by atoms with Crippen LogP contribution < -0.4 is 0 Å². The summed E-state index contributed by atoms with van der Waals surface area (Å²) in [7, 11) is 0. The standard InChI is InChI=1S/C8H13NS/c1-3-8-7(6(2)10)4-5-9-8/h4-6,9-10H,3H2,1-2H3. The van der Waals surface area contributed by atoms with E-state index < -0.39 is 0 Å². The Kier molecular flexibility index (Phi) is 2.44. The van der Waals surface area contributed by atoms with Crippen LogP contribution in [0.5, 0.6) is 0 Å². The van der Waals surface area contributed by atoms with Crippen LogP contribution in [-0.2, 0) is 6.42 Å². The topological polar surface area (TPSA) is 15.8 Å². The summed E-state index contributed by atoms with van der Waals surface area (Å²) in [6.07, 6.45) is 3.04. The highest BCUT2D eigenvalue weighted by Crippen LogP contribution is 2.21. The quantitative estimate of drug-likeness (QED) is 0.611. The highest BCUT2D eigenvalue weighted by molar-refractivity contribution is 7.80.